The van der Waals surface area contributed by atoms with Crippen molar-refractivity contribution in [1.29, 1.82) is 0 Å². The molecule has 0 aromatic rings. The van der Waals surface area contributed by atoms with Crippen LogP contribution in [0.1, 0.15) is 117 Å². The molecule has 0 aromatic carbocycles. The van der Waals surface area contributed by atoms with Gasteiger partial charge in [0.05, 0.1) is 0 Å². The summed E-state index contributed by atoms with van der Waals surface area (Å²) >= 11 is 0. The van der Waals surface area contributed by atoms with E-state index in [1.807, 2.05) is 0 Å². The van der Waals surface area contributed by atoms with Crippen LogP contribution in [0.25, 0.3) is 0 Å². The number of hydrogen-bond donors (Lipinski definition) is 2. The minimum absolute atomic E-state index is 0.255. The van der Waals surface area contributed by atoms with Gasteiger partial charge in [-0.2, -0.15) is 16.8 Å². The topological polar surface area (TPSA) is 109 Å². The molecule has 8 heteroatoms. The normalized spacial score (nSPS) is 13.2. The standard InChI is InChI=1S/C19H40O6S2/c1-3-5-7-9-11-12-14-16-18-19(26(20,21)22,27(23,24)25)17-15-13-10-8-6-4-2/h3-18H2,1-2H3,(H,20,21,22)(H,23,24,25). The van der Waals surface area contributed by atoms with Gasteiger partial charge in [-0.25, -0.2) is 0 Å². The van der Waals surface area contributed by atoms with Crippen LogP contribution in [0.4, 0.5) is 0 Å². The number of rotatable bonds is 18. The maximum absolute atomic E-state index is 11.9. The van der Waals surface area contributed by atoms with E-state index < -0.39 is 24.3 Å². The van der Waals surface area contributed by atoms with Gasteiger partial charge in [0, 0.05) is 0 Å². The van der Waals surface area contributed by atoms with Gasteiger partial charge in [-0.05, 0) is 12.8 Å². The van der Waals surface area contributed by atoms with E-state index in [2.05, 4.69) is 13.8 Å². The summed E-state index contributed by atoms with van der Waals surface area (Å²) in [5, 5.41) is 0. The Bertz CT molecular complexity index is 537. The Morgan fingerprint density at radius 2 is 0.778 bits per heavy atom. The molecule has 0 unspecified atom stereocenters. The molecule has 164 valence electrons. The number of hydrogen-bond acceptors (Lipinski definition) is 4. The number of unbranched alkanes of at least 4 members (excludes halogenated alkanes) is 12. The van der Waals surface area contributed by atoms with Gasteiger partial charge in [0.2, 0.25) is 4.08 Å². The van der Waals surface area contributed by atoms with Gasteiger partial charge in [0.15, 0.2) is 0 Å². The molecule has 27 heavy (non-hydrogen) atoms. The Morgan fingerprint density at radius 1 is 0.519 bits per heavy atom. The molecule has 0 aliphatic rings. The molecule has 0 bridgehead atoms. The zero-order valence-corrected chi connectivity index (χ0v) is 18.8. The Kier molecular flexibility index (Phi) is 13.8. The van der Waals surface area contributed by atoms with Crippen molar-refractivity contribution in [3.8, 4) is 0 Å². The lowest BCUT2D eigenvalue weighted by Crippen LogP contribution is -2.46. The lowest BCUT2D eigenvalue weighted by molar-refractivity contribution is 0.388. The Balaban J connectivity index is 4.70. The third kappa shape index (κ3) is 10.2. The molecule has 0 fully saturated rings. The summed E-state index contributed by atoms with van der Waals surface area (Å²) in [6.07, 6.45) is 12.2. The minimum Gasteiger partial charge on any atom is -0.284 e. The maximum atomic E-state index is 11.9. The summed E-state index contributed by atoms with van der Waals surface area (Å²) in [4.78, 5) is 0. The molecule has 0 spiro atoms. The Labute approximate surface area is 167 Å². The van der Waals surface area contributed by atoms with Crippen LogP contribution in [0, 0.1) is 0 Å². The highest BCUT2D eigenvalue weighted by Gasteiger charge is 2.53. The van der Waals surface area contributed by atoms with Crippen molar-refractivity contribution < 1.29 is 25.9 Å². The van der Waals surface area contributed by atoms with Gasteiger partial charge < -0.3 is 0 Å². The average Bonchev–Trinajstić information content (AvgIpc) is 2.56. The summed E-state index contributed by atoms with van der Waals surface area (Å²) < 4.78 is 64.5. The molecule has 0 aromatic heterocycles. The predicted octanol–water partition coefficient (Wildman–Crippen LogP) is 5.74. The van der Waals surface area contributed by atoms with Crippen molar-refractivity contribution in [2.75, 3.05) is 0 Å². The molecular formula is C19H40O6S2. The van der Waals surface area contributed by atoms with Crippen molar-refractivity contribution in [1.82, 2.24) is 0 Å². The molecule has 0 aliphatic heterocycles. The van der Waals surface area contributed by atoms with Gasteiger partial charge in [-0.15, -0.1) is 0 Å². The van der Waals surface area contributed by atoms with Crippen molar-refractivity contribution >= 4 is 20.2 Å². The first-order valence-electron chi connectivity index (χ1n) is 10.6. The molecule has 0 radical (unpaired) electrons. The first kappa shape index (κ1) is 26.8. The molecule has 0 atom stereocenters. The van der Waals surface area contributed by atoms with Crippen molar-refractivity contribution in [3.05, 3.63) is 0 Å². The second kappa shape index (κ2) is 13.9. The van der Waals surface area contributed by atoms with E-state index in [4.69, 9.17) is 0 Å². The van der Waals surface area contributed by atoms with Crippen LogP contribution in [-0.4, -0.2) is 30.0 Å². The van der Waals surface area contributed by atoms with Crippen LogP contribution in [0.15, 0.2) is 0 Å². The minimum atomic E-state index is -4.92. The summed E-state index contributed by atoms with van der Waals surface area (Å²) in [6, 6.07) is 0. The lowest BCUT2D eigenvalue weighted by Gasteiger charge is -2.27. The fourth-order valence-corrected chi connectivity index (χ4v) is 6.15. The Morgan fingerprint density at radius 3 is 1.04 bits per heavy atom. The highest BCUT2D eigenvalue weighted by molar-refractivity contribution is 8.05. The molecule has 6 nitrogen and oxygen atoms in total. The molecule has 0 amide bonds. The first-order valence-corrected chi connectivity index (χ1v) is 13.4. The zero-order chi connectivity index (χ0) is 20.8. The van der Waals surface area contributed by atoms with E-state index in [1.54, 1.807) is 0 Å². The summed E-state index contributed by atoms with van der Waals surface area (Å²) in [7, 11) is -9.85. The SMILES string of the molecule is CCCCCCCCCCC(CCCCCCCC)(S(=O)(=O)O)S(=O)(=O)O. The van der Waals surface area contributed by atoms with Crippen LogP contribution < -0.4 is 0 Å². The van der Waals surface area contributed by atoms with Crippen LogP contribution in [0.2, 0.25) is 0 Å². The summed E-state index contributed by atoms with van der Waals surface area (Å²) in [5.74, 6) is 0. The van der Waals surface area contributed by atoms with E-state index in [-0.39, 0.29) is 12.8 Å². The van der Waals surface area contributed by atoms with Gasteiger partial charge in [-0.3, -0.25) is 9.11 Å². The molecular weight excluding hydrogens is 388 g/mol. The van der Waals surface area contributed by atoms with Crippen molar-refractivity contribution in [2.24, 2.45) is 0 Å². The zero-order valence-electron chi connectivity index (χ0n) is 17.2. The Hall–Kier alpha value is -0.180. The van der Waals surface area contributed by atoms with Crippen LogP contribution in [-0.2, 0) is 20.2 Å². The molecule has 0 heterocycles. The summed E-state index contributed by atoms with van der Waals surface area (Å²) in [6.45, 7) is 4.24. The molecule has 0 saturated heterocycles. The van der Waals surface area contributed by atoms with Gasteiger partial charge in [0.1, 0.15) is 0 Å². The predicted molar refractivity (Wildman–Crippen MR) is 111 cm³/mol. The maximum Gasteiger partial charge on any atom is 0.287 e. The second-order valence-electron chi connectivity index (χ2n) is 7.60. The second-order valence-corrected chi connectivity index (χ2v) is 11.3. The van der Waals surface area contributed by atoms with Crippen LogP contribution in [0.3, 0.4) is 0 Å². The fraction of sp³-hybridized carbons (Fsp3) is 1.00. The summed E-state index contributed by atoms with van der Waals surface area (Å²) in [5.41, 5.74) is 0. The van der Waals surface area contributed by atoms with Gasteiger partial charge in [-0.1, -0.05) is 104 Å². The molecule has 0 rings (SSSR count). The van der Waals surface area contributed by atoms with Gasteiger partial charge >= 0.3 is 0 Å². The van der Waals surface area contributed by atoms with E-state index in [1.165, 1.54) is 19.3 Å². The smallest absolute Gasteiger partial charge is 0.284 e. The van der Waals surface area contributed by atoms with Crippen LogP contribution >= 0.6 is 0 Å². The third-order valence-corrected chi connectivity index (χ3v) is 9.22. The monoisotopic (exact) mass is 428 g/mol. The van der Waals surface area contributed by atoms with E-state index in [9.17, 15) is 25.9 Å². The fourth-order valence-electron chi connectivity index (χ4n) is 3.48. The van der Waals surface area contributed by atoms with Gasteiger partial charge in [0.25, 0.3) is 20.2 Å². The highest BCUT2D eigenvalue weighted by Crippen LogP contribution is 2.35. The molecule has 2 N–H and O–H groups in total. The molecule has 0 saturated carbocycles. The van der Waals surface area contributed by atoms with E-state index in [0.717, 1.165) is 44.9 Å². The quantitative estimate of drug-likeness (QED) is 0.213. The van der Waals surface area contributed by atoms with Crippen molar-refractivity contribution in [2.45, 2.75) is 121 Å². The average molecular weight is 429 g/mol. The van der Waals surface area contributed by atoms with E-state index >= 15 is 0 Å². The van der Waals surface area contributed by atoms with E-state index in [0.29, 0.717) is 25.7 Å². The molecule has 0 aliphatic carbocycles. The van der Waals surface area contributed by atoms with Crippen LogP contribution in [0.5, 0.6) is 0 Å². The largest absolute Gasteiger partial charge is 0.287 e. The third-order valence-electron chi connectivity index (χ3n) is 5.26. The lowest BCUT2D eigenvalue weighted by atomic mass is 10.0. The van der Waals surface area contributed by atoms with Crippen molar-refractivity contribution in [3.63, 3.8) is 0 Å². The first-order chi connectivity index (χ1) is 12.6. The highest BCUT2D eigenvalue weighted by atomic mass is 32.3.